The number of urea groups is 1. The molecule has 0 aromatic carbocycles. The Hall–Kier alpha value is -2.45. The summed E-state index contributed by atoms with van der Waals surface area (Å²) < 4.78 is 5.14. The van der Waals surface area contributed by atoms with Gasteiger partial charge in [-0.3, -0.25) is 24.2 Å². The van der Waals surface area contributed by atoms with Crippen molar-refractivity contribution < 1.29 is 28.7 Å². The van der Waals surface area contributed by atoms with Crippen LogP contribution in [-0.4, -0.2) is 64.8 Å². The monoisotopic (exact) mass is 365 g/mol. The molecular weight excluding hydrogens is 342 g/mol. The molecule has 1 N–H and O–H groups in total. The number of hydrogen-bond acceptors (Lipinski definition) is 6. The number of likely N-dealkylation sites (tertiary alicyclic amines) is 1. The van der Waals surface area contributed by atoms with Gasteiger partial charge < -0.3 is 10.1 Å². The van der Waals surface area contributed by atoms with E-state index in [4.69, 9.17) is 4.74 Å². The molecule has 0 bridgehead atoms. The van der Waals surface area contributed by atoms with Crippen LogP contribution in [0, 0.1) is 11.8 Å². The Morgan fingerprint density at radius 3 is 2.15 bits per heavy atom. The Labute approximate surface area is 151 Å². The predicted molar refractivity (Wildman–Crippen MR) is 87.4 cm³/mol. The molecule has 0 aromatic rings. The quantitative estimate of drug-likeness (QED) is 0.556. The first-order valence-corrected chi connectivity index (χ1v) is 8.99. The van der Waals surface area contributed by atoms with Crippen LogP contribution >= 0.6 is 0 Å². The molecule has 3 fully saturated rings. The van der Waals surface area contributed by atoms with Crippen molar-refractivity contribution in [2.75, 3.05) is 13.1 Å². The third-order valence-corrected chi connectivity index (χ3v) is 5.37. The second-order valence-corrected chi connectivity index (χ2v) is 7.02. The highest BCUT2D eigenvalue weighted by atomic mass is 16.5. The molecule has 0 spiro atoms. The van der Waals surface area contributed by atoms with Gasteiger partial charge in [0, 0.05) is 13.1 Å². The molecule has 26 heavy (non-hydrogen) atoms. The van der Waals surface area contributed by atoms with E-state index in [1.165, 1.54) is 13.8 Å². The van der Waals surface area contributed by atoms with Gasteiger partial charge in [0.05, 0.1) is 11.8 Å². The van der Waals surface area contributed by atoms with Crippen molar-refractivity contribution in [3.8, 4) is 0 Å². The number of imide groups is 2. The molecule has 9 nitrogen and oxygen atoms in total. The Balaban J connectivity index is 1.64. The maximum atomic E-state index is 12.5. The van der Waals surface area contributed by atoms with Crippen molar-refractivity contribution in [1.82, 2.24) is 15.1 Å². The van der Waals surface area contributed by atoms with E-state index in [9.17, 15) is 24.0 Å². The van der Waals surface area contributed by atoms with Gasteiger partial charge in [-0.25, -0.2) is 9.59 Å². The predicted octanol–water partition coefficient (Wildman–Crippen LogP) is 0.0336. The van der Waals surface area contributed by atoms with Gasteiger partial charge in [-0.05, 0) is 26.7 Å². The molecule has 2 aliphatic heterocycles. The highest BCUT2D eigenvalue weighted by molar-refractivity contribution is 6.08. The molecule has 4 atom stereocenters. The number of carbonyl (C=O) groups is 5. The van der Waals surface area contributed by atoms with E-state index in [0.717, 1.165) is 22.6 Å². The van der Waals surface area contributed by atoms with Crippen LogP contribution in [0.3, 0.4) is 0 Å². The van der Waals surface area contributed by atoms with Gasteiger partial charge in [0.1, 0.15) is 6.04 Å². The first-order valence-electron chi connectivity index (χ1n) is 8.99. The molecule has 2 saturated heterocycles. The number of hydrogen-bond donors (Lipinski definition) is 1. The molecule has 0 radical (unpaired) electrons. The van der Waals surface area contributed by atoms with Crippen LogP contribution in [-0.2, 0) is 23.9 Å². The molecular formula is C17H23N3O6. The highest BCUT2D eigenvalue weighted by Crippen LogP contribution is 2.38. The highest BCUT2D eigenvalue weighted by Gasteiger charge is 2.51. The number of amides is 5. The van der Waals surface area contributed by atoms with Crippen molar-refractivity contribution in [2.24, 2.45) is 11.8 Å². The van der Waals surface area contributed by atoms with Gasteiger partial charge in [0.25, 0.3) is 5.91 Å². The summed E-state index contributed by atoms with van der Waals surface area (Å²) in [5, 5.41) is 2.49. The molecule has 3 rings (SSSR count). The fourth-order valence-corrected chi connectivity index (χ4v) is 3.90. The van der Waals surface area contributed by atoms with Crippen molar-refractivity contribution in [3.05, 3.63) is 0 Å². The van der Waals surface area contributed by atoms with Gasteiger partial charge in [0.2, 0.25) is 11.8 Å². The van der Waals surface area contributed by atoms with Crippen LogP contribution < -0.4 is 5.32 Å². The second kappa shape index (κ2) is 7.05. The normalized spacial score (nSPS) is 27.8. The molecule has 1 aliphatic carbocycles. The average Bonchev–Trinajstić information content (AvgIpc) is 3.16. The maximum Gasteiger partial charge on any atom is 0.329 e. The lowest BCUT2D eigenvalue weighted by Crippen LogP contribution is -2.47. The standard InChI is InChI=1S/C17H23N3O6/c1-9(20-14(22)11-5-3-4-6-12(11)15(20)23)16(24)26-10(2)13(21)19-8-7-18-17(19)25/h9-12H,3-8H2,1-2H3,(H,18,25)/t9-,10-,11-,12+/m0/s1. The zero-order chi connectivity index (χ0) is 19.0. The summed E-state index contributed by atoms with van der Waals surface area (Å²) in [6, 6.07) is -1.62. The fraction of sp³-hybridized carbons (Fsp3) is 0.706. The summed E-state index contributed by atoms with van der Waals surface area (Å²) in [4.78, 5) is 63.2. The molecule has 1 saturated carbocycles. The van der Waals surface area contributed by atoms with E-state index in [1.807, 2.05) is 0 Å². The number of nitrogens with one attached hydrogen (secondary N) is 1. The average molecular weight is 365 g/mol. The minimum absolute atomic E-state index is 0.210. The van der Waals surface area contributed by atoms with E-state index in [-0.39, 0.29) is 30.2 Å². The fourth-order valence-electron chi connectivity index (χ4n) is 3.90. The smallest absolute Gasteiger partial charge is 0.329 e. The largest absolute Gasteiger partial charge is 0.451 e. The van der Waals surface area contributed by atoms with Crippen LogP contribution in [0.25, 0.3) is 0 Å². The summed E-state index contributed by atoms with van der Waals surface area (Å²) in [5.41, 5.74) is 0. The zero-order valence-electron chi connectivity index (χ0n) is 14.9. The van der Waals surface area contributed by atoms with Crippen molar-refractivity contribution in [2.45, 2.75) is 51.7 Å². The number of ether oxygens (including phenoxy) is 1. The van der Waals surface area contributed by atoms with E-state index in [0.29, 0.717) is 19.4 Å². The number of fused-ring (bicyclic) bond motifs is 1. The second-order valence-electron chi connectivity index (χ2n) is 7.02. The van der Waals surface area contributed by atoms with Crippen LogP contribution in [0.15, 0.2) is 0 Å². The maximum absolute atomic E-state index is 12.5. The lowest BCUT2D eigenvalue weighted by Gasteiger charge is -2.24. The molecule has 5 amide bonds. The van der Waals surface area contributed by atoms with E-state index in [1.54, 1.807) is 0 Å². The number of carbonyl (C=O) groups excluding carboxylic acids is 5. The lowest BCUT2D eigenvalue weighted by atomic mass is 9.81. The zero-order valence-corrected chi connectivity index (χ0v) is 14.9. The van der Waals surface area contributed by atoms with Crippen LogP contribution in [0.5, 0.6) is 0 Å². The van der Waals surface area contributed by atoms with Gasteiger partial charge in [-0.2, -0.15) is 0 Å². The Kier molecular flexibility index (Phi) is 4.97. The molecule has 2 heterocycles. The van der Waals surface area contributed by atoms with Crippen LogP contribution in [0.4, 0.5) is 4.79 Å². The van der Waals surface area contributed by atoms with E-state index < -0.39 is 30.1 Å². The van der Waals surface area contributed by atoms with E-state index in [2.05, 4.69) is 5.32 Å². The molecule has 142 valence electrons. The van der Waals surface area contributed by atoms with Gasteiger partial charge in [0.15, 0.2) is 6.10 Å². The Morgan fingerprint density at radius 2 is 1.65 bits per heavy atom. The summed E-state index contributed by atoms with van der Waals surface area (Å²) in [6.07, 6.45) is 1.94. The van der Waals surface area contributed by atoms with Gasteiger partial charge in [-0.1, -0.05) is 12.8 Å². The number of nitrogens with zero attached hydrogens (tertiary/aromatic N) is 2. The van der Waals surface area contributed by atoms with Crippen molar-refractivity contribution >= 4 is 29.7 Å². The van der Waals surface area contributed by atoms with Gasteiger partial charge >= 0.3 is 12.0 Å². The van der Waals surface area contributed by atoms with E-state index >= 15 is 0 Å². The van der Waals surface area contributed by atoms with Crippen molar-refractivity contribution in [1.29, 1.82) is 0 Å². The number of esters is 1. The molecule has 0 aromatic heterocycles. The summed E-state index contributed by atoms with van der Waals surface area (Å²) in [6.45, 7) is 3.35. The first-order chi connectivity index (χ1) is 12.3. The summed E-state index contributed by atoms with van der Waals surface area (Å²) >= 11 is 0. The lowest BCUT2D eigenvalue weighted by molar-refractivity contribution is -0.165. The Morgan fingerprint density at radius 1 is 1.08 bits per heavy atom. The third kappa shape index (κ3) is 3.06. The summed E-state index contributed by atoms with van der Waals surface area (Å²) in [5.74, 6) is -2.82. The number of rotatable bonds is 4. The van der Waals surface area contributed by atoms with Gasteiger partial charge in [-0.15, -0.1) is 0 Å². The third-order valence-electron chi connectivity index (χ3n) is 5.37. The minimum atomic E-state index is -1.18. The SMILES string of the molecule is C[C@H](OC(=O)[C@H](C)N1C(=O)[C@H]2CCCC[C@H]2C1=O)C(=O)N1CCNC1=O. The molecule has 0 unspecified atom stereocenters. The summed E-state index contributed by atoms with van der Waals surface area (Å²) in [7, 11) is 0. The van der Waals surface area contributed by atoms with Crippen LogP contribution in [0.2, 0.25) is 0 Å². The molecule has 3 aliphatic rings. The van der Waals surface area contributed by atoms with Crippen molar-refractivity contribution in [3.63, 3.8) is 0 Å². The first kappa shape index (κ1) is 18.3. The molecule has 9 heteroatoms. The minimum Gasteiger partial charge on any atom is -0.451 e. The van der Waals surface area contributed by atoms with Crippen LogP contribution in [0.1, 0.15) is 39.5 Å². The Bertz CT molecular complexity index is 639. The topological polar surface area (TPSA) is 113 Å².